The van der Waals surface area contributed by atoms with Gasteiger partial charge in [-0.25, -0.2) is 0 Å². The Morgan fingerprint density at radius 1 is 1.24 bits per heavy atom. The number of hydrogen-bond donors (Lipinski definition) is 1. The van der Waals surface area contributed by atoms with Gasteiger partial charge in [0.1, 0.15) is 5.82 Å². The molecular formula is C25H31ClN4O2S. The number of allylic oxidation sites excluding steroid dienone is 3. The van der Waals surface area contributed by atoms with Crippen molar-refractivity contribution in [1.82, 2.24) is 20.1 Å². The molecule has 0 spiro atoms. The summed E-state index contributed by atoms with van der Waals surface area (Å²) in [7, 11) is 0. The third-order valence-corrected chi connectivity index (χ3v) is 7.19. The molecule has 1 fully saturated rings. The third-order valence-electron chi connectivity index (χ3n) is 5.86. The highest BCUT2D eigenvalue weighted by molar-refractivity contribution is 7.99. The van der Waals surface area contributed by atoms with Crippen LogP contribution in [0.15, 0.2) is 58.2 Å². The Hall–Kier alpha value is -2.09. The number of aromatic nitrogens is 3. The van der Waals surface area contributed by atoms with Crippen LogP contribution in [0.25, 0.3) is 0 Å². The molecule has 33 heavy (non-hydrogen) atoms. The number of hydrogen-bond acceptors (Lipinski definition) is 5. The Balaban J connectivity index is 1.32. The average molecular weight is 487 g/mol. The first-order valence-corrected chi connectivity index (χ1v) is 13.1. The molecule has 1 N–H and O–H groups in total. The van der Waals surface area contributed by atoms with E-state index in [1.54, 1.807) is 11.8 Å². The van der Waals surface area contributed by atoms with Crippen LogP contribution in [0.3, 0.4) is 0 Å². The highest BCUT2D eigenvalue weighted by atomic mass is 35.5. The van der Waals surface area contributed by atoms with E-state index in [2.05, 4.69) is 44.4 Å². The third kappa shape index (κ3) is 7.45. The predicted octanol–water partition coefficient (Wildman–Crippen LogP) is 4.68. The maximum absolute atomic E-state index is 12.4. The van der Waals surface area contributed by atoms with E-state index in [0.29, 0.717) is 19.4 Å². The first-order valence-electron chi connectivity index (χ1n) is 11.7. The molecule has 1 aliphatic carbocycles. The van der Waals surface area contributed by atoms with Crippen LogP contribution in [0.1, 0.15) is 43.5 Å². The highest BCUT2D eigenvalue weighted by Gasteiger charge is 2.21. The molecule has 1 aliphatic heterocycles. The summed E-state index contributed by atoms with van der Waals surface area (Å²) in [6.07, 6.45) is 10.3. The van der Waals surface area contributed by atoms with Crippen LogP contribution >= 0.6 is 23.4 Å². The van der Waals surface area contributed by atoms with Crippen LogP contribution in [0.5, 0.6) is 0 Å². The SMILES string of the molecule is O=C(CCc1nnc(SCC2=CCCC(Cl)=C2)n1CC1CCCO1)NCCc1ccccc1. The minimum Gasteiger partial charge on any atom is -0.376 e. The van der Waals surface area contributed by atoms with Crippen molar-refractivity contribution >= 4 is 29.3 Å². The number of rotatable bonds is 11. The number of aryl methyl sites for hydroxylation is 1. The number of benzene rings is 1. The Morgan fingerprint density at radius 3 is 2.91 bits per heavy atom. The minimum atomic E-state index is 0.0407. The van der Waals surface area contributed by atoms with Crippen molar-refractivity contribution in [3.05, 3.63) is 64.5 Å². The van der Waals surface area contributed by atoms with Crippen molar-refractivity contribution in [3.8, 4) is 0 Å². The fraction of sp³-hybridized carbons (Fsp3) is 0.480. The Morgan fingerprint density at radius 2 is 2.12 bits per heavy atom. The van der Waals surface area contributed by atoms with Gasteiger partial charge >= 0.3 is 0 Å². The van der Waals surface area contributed by atoms with Gasteiger partial charge in [0.05, 0.1) is 12.6 Å². The summed E-state index contributed by atoms with van der Waals surface area (Å²) in [5, 5.41) is 13.7. The van der Waals surface area contributed by atoms with Gasteiger partial charge in [0.25, 0.3) is 0 Å². The molecule has 8 heteroatoms. The monoisotopic (exact) mass is 486 g/mol. The van der Waals surface area contributed by atoms with Crippen LogP contribution in [0.2, 0.25) is 0 Å². The van der Waals surface area contributed by atoms with Gasteiger partial charge in [0.15, 0.2) is 5.16 Å². The molecule has 176 valence electrons. The zero-order chi connectivity index (χ0) is 22.9. The van der Waals surface area contributed by atoms with Crippen LogP contribution < -0.4 is 5.32 Å². The minimum absolute atomic E-state index is 0.0407. The second-order valence-corrected chi connectivity index (χ2v) is 9.86. The first-order chi connectivity index (χ1) is 16.2. The molecule has 0 bridgehead atoms. The number of amides is 1. The van der Waals surface area contributed by atoms with Crippen molar-refractivity contribution < 1.29 is 9.53 Å². The zero-order valence-corrected chi connectivity index (χ0v) is 20.4. The molecule has 1 amide bonds. The summed E-state index contributed by atoms with van der Waals surface area (Å²) >= 11 is 7.87. The number of carbonyl (C=O) groups excluding carboxylic acids is 1. The van der Waals surface area contributed by atoms with Gasteiger partial charge in [0.2, 0.25) is 5.91 Å². The molecule has 2 aliphatic rings. The van der Waals surface area contributed by atoms with E-state index in [0.717, 1.165) is 67.0 Å². The quantitative estimate of drug-likeness (QED) is 0.467. The lowest BCUT2D eigenvalue weighted by atomic mass is 10.1. The summed E-state index contributed by atoms with van der Waals surface area (Å²) in [4.78, 5) is 12.4. The first kappa shape index (κ1) is 24.0. The van der Waals surface area contributed by atoms with Crippen LogP contribution in [0, 0.1) is 0 Å². The lowest BCUT2D eigenvalue weighted by Gasteiger charge is -2.15. The van der Waals surface area contributed by atoms with E-state index in [1.165, 1.54) is 11.1 Å². The lowest BCUT2D eigenvalue weighted by molar-refractivity contribution is -0.121. The molecule has 0 radical (unpaired) electrons. The molecule has 1 unspecified atom stereocenters. The molecule has 4 rings (SSSR count). The van der Waals surface area contributed by atoms with Crippen molar-refractivity contribution in [2.24, 2.45) is 0 Å². The molecule has 1 aromatic carbocycles. The predicted molar refractivity (Wildman–Crippen MR) is 132 cm³/mol. The number of carbonyl (C=O) groups is 1. The molecule has 6 nitrogen and oxygen atoms in total. The van der Waals surface area contributed by atoms with Gasteiger partial charge < -0.3 is 14.6 Å². The molecule has 2 heterocycles. The van der Waals surface area contributed by atoms with Gasteiger partial charge in [-0.05, 0) is 49.3 Å². The standard InChI is InChI=1S/C25H31ClN4O2S/c26-21-9-4-8-20(16-21)18-33-25-29-28-23(30(25)17-22-10-5-15-32-22)11-12-24(31)27-14-13-19-6-2-1-3-7-19/h1-3,6-8,16,22H,4-5,9-15,17-18H2,(H,27,31). The van der Waals surface area contributed by atoms with Gasteiger partial charge in [-0.2, -0.15) is 0 Å². The number of halogens is 1. The van der Waals surface area contributed by atoms with E-state index < -0.39 is 0 Å². The molecular weight excluding hydrogens is 456 g/mol. The molecule has 1 aromatic heterocycles. The second kappa shape index (κ2) is 12.4. The van der Waals surface area contributed by atoms with Crippen LogP contribution in [0.4, 0.5) is 0 Å². The fourth-order valence-corrected chi connectivity index (χ4v) is 5.25. The van der Waals surface area contributed by atoms with E-state index in [-0.39, 0.29) is 12.0 Å². The summed E-state index contributed by atoms with van der Waals surface area (Å²) in [5.74, 6) is 1.69. The molecule has 1 saturated heterocycles. The van der Waals surface area contributed by atoms with E-state index in [1.807, 2.05) is 18.2 Å². The molecule has 1 atom stereocenters. The summed E-state index contributed by atoms with van der Waals surface area (Å²) in [5.41, 5.74) is 2.45. The maximum Gasteiger partial charge on any atom is 0.220 e. The maximum atomic E-state index is 12.4. The topological polar surface area (TPSA) is 69.0 Å². The smallest absolute Gasteiger partial charge is 0.220 e. The average Bonchev–Trinajstić information content (AvgIpc) is 3.47. The van der Waals surface area contributed by atoms with Crippen molar-refractivity contribution in [3.63, 3.8) is 0 Å². The van der Waals surface area contributed by atoms with Gasteiger partial charge in [-0.3, -0.25) is 4.79 Å². The fourth-order valence-electron chi connectivity index (χ4n) is 4.07. The van der Waals surface area contributed by atoms with E-state index in [4.69, 9.17) is 16.3 Å². The Kier molecular flexibility index (Phi) is 9.03. The number of ether oxygens (including phenoxy) is 1. The number of nitrogens with zero attached hydrogens (tertiary/aromatic N) is 3. The molecule has 2 aromatic rings. The number of nitrogens with one attached hydrogen (secondary N) is 1. The Bertz CT molecular complexity index is 984. The van der Waals surface area contributed by atoms with Crippen molar-refractivity contribution in [2.75, 3.05) is 18.9 Å². The van der Waals surface area contributed by atoms with Crippen LogP contribution in [-0.4, -0.2) is 45.7 Å². The largest absolute Gasteiger partial charge is 0.376 e. The van der Waals surface area contributed by atoms with E-state index >= 15 is 0 Å². The van der Waals surface area contributed by atoms with Crippen molar-refractivity contribution in [2.45, 2.75) is 62.8 Å². The summed E-state index contributed by atoms with van der Waals surface area (Å²) in [6, 6.07) is 10.2. The Labute approximate surface area is 204 Å². The summed E-state index contributed by atoms with van der Waals surface area (Å²) in [6.45, 7) is 2.18. The normalized spacial score (nSPS) is 18.2. The highest BCUT2D eigenvalue weighted by Crippen LogP contribution is 2.27. The zero-order valence-electron chi connectivity index (χ0n) is 18.8. The van der Waals surface area contributed by atoms with Gasteiger partial charge in [-0.15, -0.1) is 10.2 Å². The van der Waals surface area contributed by atoms with Crippen molar-refractivity contribution in [1.29, 1.82) is 0 Å². The summed E-state index contributed by atoms with van der Waals surface area (Å²) < 4.78 is 8.01. The molecule has 0 saturated carbocycles. The van der Waals surface area contributed by atoms with Crippen LogP contribution in [-0.2, 0) is 28.9 Å². The number of thioether (sulfide) groups is 1. The lowest BCUT2D eigenvalue weighted by Crippen LogP contribution is -2.26. The van der Waals surface area contributed by atoms with E-state index in [9.17, 15) is 4.79 Å². The van der Waals surface area contributed by atoms with Gasteiger partial charge in [0, 0.05) is 36.8 Å². The van der Waals surface area contributed by atoms with Gasteiger partial charge in [-0.1, -0.05) is 59.8 Å². The second-order valence-electron chi connectivity index (χ2n) is 8.43.